The minimum atomic E-state index is -0.305. The van der Waals surface area contributed by atoms with Crippen LogP contribution in [0.3, 0.4) is 0 Å². The van der Waals surface area contributed by atoms with Gasteiger partial charge in [0.05, 0.1) is 0 Å². The van der Waals surface area contributed by atoms with Crippen LogP contribution in [0.15, 0.2) is 72.8 Å². The lowest BCUT2D eigenvalue weighted by Crippen LogP contribution is -2.28. The maximum Gasteiger partial charge on any atom is 0.270 e. The van der Waals surface area contributed by atoms with Crippen LogP contribution in [0.5, 0.6) is 0 Å². The minimum absolute atomic E-state index is 0.225. The van der Waals surface area contributed by atoms with Gasteiger partial charge in [0.2, 0.25) is 0 Å². The van der Waals surface area contributed by atoms with E-state index >= 15 is 0 Å². The van der Waals surface area contributed by atoms with Crippen molar-refractivity contribution in [3.63, 3.8) is 0 Å². The van der Waals surface area contributed by atoms with Crippen molar-refractivity contribution in [2.24, 2.45) is 0 Å². The fraction of sp³-hybridized carbons (Fsp3) is 0.174. The molecule has 28 heavy (non-hydrogen) atoms. The quantitative estimate of drug-likeness (QED) is 0.668. The molecule has 0 aliphatic carbocycles. The maximum atomic E-state index is 12.4. The Balaban J connectivity index is 1.55. The first-order valence-electron chi connectivity index (χ1n) is 9.25. The molecule has 0 aliphatic rings. The second kappa shape index (κ2) is 9.46. The molecule has 0 aliphatic heterocycles. The number of nitrogens with zero attached hydrogens (tertiary/aromatic N) is 1. The molecule has 3 rings (SSSR count). The summed E-state index contributed by atoms with van der Waals surface area (Å²) in [6.07, 6.45) is 0.739. The highest BCUT2D eigenvalue weighted by atomic mass is 16.2. The first-order chi connectivity index (χ1) is 13.6. The largest absolute Gasteiger partial charge is 0.350 e. The monoisotopic (exact) mass is 373 g/mol. The Morgan fingerprint density at radius 2 is 1.43 bits per heavy atom. The molecule has 3 aromatic rings. The molecule has 2 aromatic carbocycles. The summed E-state index contributed by atoms with van der Waals surface area (Å²) in [6, 6.07) is 22.7. The molecule has 2 N–H and O–H groups in total. The predicted octanol–water partition coefficient (Wildman–Crippen LogP) is 3.29. The van der Waals surface area contributed by atoms with Gasteiger partial charge in [-0.3, -0.25) is 9.59 Å². The van der Waals surface area contributed by atoms with Crippen molar-refractivity contribution in [3.8, 4) is 0 Å². The van der Waals surface area contributed by atoms with E-state index in [1.165, 1.54) is 0 Å². The number of aryl methyl sites for hydroxylation is 1. The Bertz CT molecular complexity index is 955. The highest BCUT2D eigenvalue weighted by molar-refractivity contribution is 5.96. The summed E-state index contributed by atoms with van der Waals surface area (Å²) in [7, 11) is 0. The second-order valence-corrected chi connectivity index (χ2v) is 6.57. The Hall–Kier alpha value is -3.47. The summed E-state index contributed by atoms with van der Waals surface area (Å²) in [5.41, 5.74) is 3.77. The summed E-state index contributed by atoms with van der Waals surface area (Å²) in [5.74, 6) is -0.593. The number of carbonyl (C=O) groups is 2. The van der Waals surface area contributed by atoms with Crippen LogP contribution < -0.4 is 10.6 Å². The lowest BCUT2D eigenvalue weighted by molar-refractivity contribution is 0.0943. The molecule has 0 saturated heterocycles. The van der Waals surface area contributed by atoms with Gasteiger partial charge in [-0.1, -0.05) is 66.2 Å². The van der Waals surface area contributed by atoms with Gasteiger partial charge in [-0.25, -0.2) is 4.98 Å². The van der Waals surface area contributed by atoms with Gasteiger partial charge in [-0.2, -0.15) is 0 Å². The van der Waals surface area contributed by atoms with Crippen LogP contribution >= 0.6 is 0 Å². The first-order valence-corrected chi connectivity index (χ1v) is 9.25. The Kier molecular flexibility index (Phi) is 6.52. The number of carbonyl (C=O) groups excluding carboxylic acids is 2. The Morgan fingerprint density at radius 3 is 2.14 bits per heavy atom. The average molecular weight is 373 g/mol. The molecule has 1 aromatic heterocycles. The van der Waals surface area contributed by atoms with E-state index in [-0.39, 0.29) is 23.2 Å². The standard InChI is InChI=1S/C23H23N3O2/c1-17-7-5-10-19(15-17)16-25-23(28)21-12-6-11-20(26-21)22(27)24-14-13-18-8-3-2-4-9-18/h2-12,15H,13-14,16H2,1H3,(H,24,27)(H,25,28). The maximum absolute atomic E-state index is 12.4. The Labute approximate surface area is 164 Å². The van der Waals surface area contributed by atoms with Crippen molar-refractivity contribution in [3.05, 3.63) is 101 Å². The van der Waals surface area contributed by atoms with Crippen molar-refractivity contribution in [2.45, 2.75) is 19.9 Å². The fourth-order valence-corrected chi connectivity index (χ4v) is 2.84. The Morgan fingerprint density at radius 1 is 0.786 bits per heavy atom. The number of benzene rings is 2. The molecule has 5 heteroatoms. The molecular formula is C23H23N3O2. The van der Waals surface area contributed by atoms with Gasteiger partial charge >= 0.3 is 0 Å². The fourth-order valence-electron chi connectivity index (χ4n) is 2.84. The minimum Gasteiger partial charge on any atom is -0.350 e. The lowest BCUT2D eigenvalue weighted by atomic mass is 10.1. The zero-order chi connectivity index (χ0) is 19.8. The smallest absolute Gasteiger partial charge is 0.270 e. The molecule has 0 bridgehead atoms. The lowest BCUT2D eigenvalue weighted by Gasteiger charge is -2.08. The van der Waals surface area contributed by atoms with Crippen molar-refractivity contribution in [2.75, 3.05) is 6.54 Å². The van der Waals surface area contributed by atoms with Crippen molar-refractivity contribution in [1.82, 2.24) is 15.6 Å². The van der Waals surface area contributed by atoms with Gasteiger partial charge in [0, 0.05) is 13.1 Å². The summed E-state index contributed by atoms with van der Waals surface area (Å²) in [6.45, 7) is 2.93. The summed E-state index contributed by atoms with van der Waals surface area (Å²) >= 11 is 0. The van der Waals surface area contributed by atoms with Crippen molar-refractivity contribution < 1.29 is 9.59 Å². The average Bonchev–Trinajstić information content (AvgIpc) is 2.73. The third kappa shape index (κ3) is 5.51. The number of pyridine rings is 1. The molecule has 0 fully saturated rings. The molecule has 0 radical (unpaired) electrons. The van der Waals surface area contributed by atoms with Crippen LogP contribution in [0.1, 0.15) is 37.7 Å². The van der Waals surface area contributed by atoms with Crippen LogP contribution in [0.4, 0.5) is 0 Å². The van der Waals surface area contributed by atoms with Crippen LogP contribution in [0.2, 0.25) is 0 Å². The number of hydrogen-bond donors (Lipinski definition) is 2. The van der Waals surface area contributed by atoms with E-state index in [2.05, 4.69) is 15.6 Å². The van der Waals surface area contributed by atoms with Crippen molar-refractivity contribution >= 4 is 11.8 Å². The predicted molar refractivity (Wildman–Crippen MR) is 109 cm³/mol. The van der Waals surface area contributed by atoms with Crippen molar-refractivity contribution in [1.29, 1.82) is 0 Å². The molecule has 142 valence electrons. The summed E-state index contributed by atoms with van der Waals surface area (Å²) < 4.78 is 0. The number of rotatable bonds is 7. The van der Waals surface area contributed by atoms with E-state index in [1.807, 2.05) is 61.5 Å². The molecular weight excluding hydrogens is 350 g/mol. The van der Waals surface area contributed by atoms with E-state index in [0.717, 1.165) is 23.1 Å². The van der Waals surface area contributed by atoms with Gasteiger partial charge in [0.25, 0.3) is 11.8 Å². The number of nitrogens with one attached hydrogen (secondary N) is 2. The normalized spacial score (nSPS) is 10.3. The molecule has 0 atom stereocenters. The van der Waals surface area contributed by atoms with Crippen LogP contribution in [-0.2, 0) is 13.0 Å². The number of aromatic nitrogens is 1. The molecule has 2 amide bonds. The molecule has 5 nitrogen and oxygen atoms in total. The third-order valence-electron chi connectivity index (χ3n) is 4.29. The molecule has 0 spiro atoms. The van der Waals surface area contributed by atoms with E-state index < -0.39 is 0 Å². The number of amides is 2. The van der Waals surface area contributed by atoms with Crippen LogP contribution in [0.25, 0.3) is 0 Å². The van der Waals surface area contributed by atoms with E-state index in [1.54, 1.807) is 18.2 Å². The highest BCUT2D eigenvalue weighted by Gasteiger charge is 2.12. The van der Waals surface area contributed by atoms with Crippen LogP contribution in [0, 0.1) is 6.92 Å². The summed E-state index contributed by atoms with van der Waals surface area (Å²) in [5, 5.41) is 5.68. The van der Waals surface area contributed by atoms with E-state index in [0.29, 0.717) is 13.1 Å². The first kappa shape index (κ1) is 19.3. The molecule has 0 saturated carbocycles. The van der Waals surface area contributed by atoms with E-state index in [4.69, 9.17) is 0 Å². The van der Waals surface area contributed by atoms with E-state index in [9.17, 15) is 9.59 Å². The van der Waals surface area contributed by atoms with Gasteiger partial charge in [0.1, 0.15) is 11.4 Å². The highest BCUT2D eigenvalue weighted by Crippen LogP contribution is 2.05. The summed E-state index contributed by atoms with van der Waals surface area (Å²) in [4.78, 5) is 28.9. The zero-order valence-electron chi connectivity index (χ0n) is 15.8. The topological polar surface area (TPSA) is 71.1 Å². The second-order valence-electron chi connectivity index (χ2n) is 6.57. The van der Waals surface area contributed by atoms with Gasteiger partial charge in [0.15, 0.2) is 0 Å². The molecule has 1 heterocycles. The SMILES string of the molecule is Cc1cccc(CNC(=O)c2cccc(C(=O)NCCc3ccccc3)n2)c1. The van der Waals surface area contributed by atoms with Gasteiger partial charge in [-0.05, 0) is 36.6 Å². The number of hydrogen-bond acceptors (Lipinski definition) is 3. The molecule has 0 unspecified atom stereocenters. The van der Waals surface area contributed by atoms with Gasteiger partial charge < -0.3 is 10.6 Å². The van der Waals surface area contributed by atoms with Crippen LogP contribution in [-0.4, -0.2) is 23.3 Å². The zero-order valence-corrected chi connectivity index (χ0v) is 15.8. The third-order valence-corrected chi connectivity index (χ3v) is 4.29. The van der Waals surface area contributed by atoms with Gasteiger partial charge in [-0.15, -0.1) is 0 Å².